The van der Waals surface area contributed by atoms with Crippen LogP contribution >= 0.6 is 11.3 Å². The second-order valence-electron chi connectivity index (χ2n) is 7.91. The van der Waals surface area contributed by atoms with Crippen LogP contribution in [-0.4, -0.2) is 22.6 Å². The van der Waals surface area contributed by atoms with E-state index in [2.05, 4.69) is 31.0 Å². The Bertz CT molecular complexity index is 1530. The topological polar surface area (TPSA) is 52.8 Å². The van der Waals surface area contributed by atoms with Gasteiger partial charge in [0.15, 0.2) is 4.96 Å². The van der Waals surface area contributed by atoms with Gasteiger partial charge in [-0.05, 0) is 72.5 Å². The molecule has 0 saturated heterocycles. The molecular weight excluding hydrogens is 432 g/mol. The number of ether oxygens (including phenoxy) is 2. The van der Waals surface area contributed by atoms with Crippen LogP contribution in [0, 0.1) is 6.92 Å². The second-order valence-corrected chi connectivity index (χ2v) is 8.92. The van der Waals surface area contributed by atoms with Crippen molar-refractivity contribution in [1.29, 1.82) is 0 Å². The monoisotopic (exact) mass is 456 g/mol. The zero-order valence-corrected chi connectivity index (χ0v) is 19.4. The van der Waals surface area contributed by atoms with Crippen LogP contribution in [-0.2, 0) is 6.42 Å². The Morgan fingerprint density at radius 2 is 1.73 bits per heavy atom. The molecule has 0 aliphatic carbocycles. The highest BCUT2D eigenvalue weighted by atomic mass is 32.1. The van der Waals surface area contributed by atoms with E-state index < -0.39 is 0 Å². The third-order valence-electron chi connectivity index (χ3n) is 5.46. The summed E-state index contributed by atoms with van der Waals surface area (Å²) < 4.78 is 14.0. The number of benzene rings is 3. The summed E-state index contributed by atoms with van der Waals surface area (Å²) in [6, 6.07) is 21.7. The van der Waals surface area contributed by atoms with E-state index in [1.165, 1.54) is 22.5 Å². The van der Waals surface area contributed by atoms with E-state index in [0.29, 0.717) is 22.7 Å². The molecular formula is C27H24N2O3S. The van der Waals surface area contributed by atoms with E-state index in [9.17, 15) is 4.79 Å². The molecule has 166 valence electrons. The molecule has 0 unspecified atom stereocenters. The first-order valence-corrected chi connectivity index (χ1v) is 11.8. The first-order chi connectivity index (χ1) is 16.1. The summed E-state index contributed by atoms with van der Waals surface area (Å²) >= 11 is 1.40. The van der Waals surface area contributed by atoms with E-state index >= 15 is 0 Å². The van der Waals surface area contributed by atoms with Gasteiger partial charge in [-0.2, -0.15) is 0 Å². The Morgan fingerprint density at radius 1 is 0.970 bits per heavy atom. The molecule has 6 heteroatoms. The Morgan fingerprint density at radius 3 is 2.52 bits per heavy atom. The zero-order valence-electron chi connectivity index (χ0n) is 18.6. The smallest absolute Gasteiger partial charge is 0.274 e. The zero-order chi connectivity index (χ0) is 22.8. The summed E-state index contributed by atoms with van der Waals surface area (Å²) in [5, 5.41) is 0. The Balaban J connectivity index is 1.24. The van der Waals surface area contributed by atoms with Crippen LogP contribution in [0.25, 0.3) is 22.1 Å². The lowest BCUT2D eigenvalue weighted by molar-refractivity contribution is 0.217. The Hall–Kier alpha value is -3.64. The third kappa shape index (κ3) is 4.47. The van der Waals surface area contributed by atoms with Gasteiger partial charge in [0.1, 0.15) is 24.7 Å². The predicted octanol–water partition coefficient (Wildman–Crippen LogP) is 4.79. The molecule has 2 heterocycles. The van der Waals surface area contributed by atoms with Crippen LogP contribution in [0.15, 0.2) is 71.5 Å². The number of para-hydroxylation sites is 2. The lowest BCUT2D eigenvalue weighted by Gasteiger charge is -2.10. The molecule has 0 saturated carbocycles. The third-order valence-corrected chi connectivity index (χ3v) is 6.43. The summed E-state index contributed by atoms with van der Waals surface area (Å²) in [5.74, 6) is 1.65. The van der Waals surface area contributed by atoms with E-state index in [-0.39, 0.29) is 5.56 Å². The van der Waals surface area contributed by atoms with Crippen molar-refractivity contribution in [1.82, 2.24) is 9.38 Å². The number of hydrogen-bond acceptors (Lipinski definition) is 5. The average molecular weight is 457 g/mol. The molecule has 2 aromatic heterocycles. The number of rotatable bonds is 7. The summed E-state index contributed by atoms with van der Waals surface area (Å²) in [6.45, 7) is 5.15. The van der Waals surface area contributed by atoms with Crippen LogP contribution in [0.4, 0.5) is 0 Å². The van der Waals surface area contributed by atoms with Gasteiger partial charge in [-0.3, -0.25) is 4.79 Å². The Kier molecular flexibility index (Phi) is 5.84. The number of aryl methyl sites for hydroxylation is 2. The van der Waals surface area contributed by atoms with E-state index in [1.807, 2.05) is 60.7 Å². The number of aromatic nitrogens is 2. The van der Waals surface area contributed by atoms with Crippen molar-refractivity contribution in [2.45, 2.75) is 20.3 Å². The maximum atomic E-state index is 12.9. The maximum Gasteiger partial charge on any atom is 0.274 e. The highest BCUT2D eigenvalue weighted by Crippen LogP contribution is 2.18. The quantitative estimate of drug-likeness (QED) is 0.331. The van der Waals surface area contributed by atoms with Gasteiger partial charge in [0.05, 0.1) is 15.6 Å². The molecule has 0 atom stereocenters. The molecule has 0 spiro atoms. The predicted molar refractivity (Wildman–Crippen MR) is 134 cm³/mol. The van der Waals surface area contributed by atoms with Crippen LogP contribution in [0.3, 0.4) is 0 Å². The van der Waals surface area contributed by atoms with Crippen LogP contribution in [0.2, 0.25) is 0 Å². The molecule has 5 rings (SSSR count). The van der Waals surface area contributed by atoms with Crippen molar-refractivity contribution in [3.05, 3.63) is 98.3 Å². The molecule has 0 N–H and O–H groups in total. The minimum absolute atomic E-state index is 0.0384. The molecule has 0 aliphatic rings. The largest absolute Gasteiger partial charge is 0.490 e. The fraction of sp³-hybridized carbons (Fsp3) is 0.185. The van der Waals surface area contributed by atoms with Crippen molar-refractivity contribution >= 4 is 33.4 Å². The fourth-order valence-corrected chi connectivity index (χ4v) is 4.84. The van der Waals surface area contributed by atoms with Gasteiger partial charge in [0, 0.05) is 0 Å². The lowest BCUT2D eigenvalue weighted by Crippen LogP contribution is -2.22. The summed E-state index contributed by atoms with van der Waals surface area (Å²) in [4.78, 5) is 18.2. The Labute approximate surface area is 195 Å². The normalized spacial score (nSPS) is 12.0. The number of nitrogens with zero attached hydrogens (tertiary/aromatic N) is 2. The number of hydrogen-bond donors (Lipinski definition) is 0. The molecule has 0 bridgehead atoms. The molecule has 33 heavy (non-hydrogen) atoms. The minimum Gasteiger partial charge on any atom is -0.490 e. The van der Waals surface area contributed by atoms with Gasteiger partial charge < -0.3 is 9.47 Å². The van der Waals surface area contributed by atoms with Crippen molar-refractivity contribution in [2.24, 2.45) is 0 Å². The number of fused-ring (bicyclic) bond motifs is 3. The molecule has 0 fully saturated rings. The summed E-state index contributed by atoms with van der Waals surface area (Å²) in [6.07, 6.45) is 2.88. The van der Waals surface area contributed by atoms with Crippen molar-refractivity contribution in [3.63, 3.8) is 0 Å². The lowest BCUT2D eigenvalue weighted by atomic mass is 10.1. The van der Waals surface area contributed by atoms with Crippen molar-refractivity contribution in [3.8, 4) is 11.5 Å². The van der Waals surface area contributed by atoms with Gasteiger partial charge in [0.25, 0.3) is 5.56 Å². The van der Waals surface area contributed by atoms with Gasteiger partial charge in [0.2, 0.25) is 0 Å². The molecule has 3 aromatic carbocycles. The van der Waals surface area contributed by atoms with Crippen LogP contribution in [0.1, 0.15) is 23.6 Å². The maximum absolute atomic E-state index is 12.9. The van der Waals surface area contributed by atoms with Crippen molar-refractivity contribution < 1.29 is 9.47 Å². The van der Waals surface area contributed by atoms with Gasteiger partial charge in [-0.15, -0.1) is 0 Å². The van der Waals surface area contributed by atoms with E-state index in [1.54, 1.807) is 4.40 Å². The van der Waals surface area contributed by atoms with Gasteiger partial charge >= 0.3 is 0 Å². The highest BCUT2D eigenvalue weighted by molar-refractivity contribution is 7.15. The second kappa shape index (κ2) is 9.08. The number of imidazole rings is 1. The van der Waals surface area contributed by atoms with Gasteiger partial charge in [-0.1, -0.05) is 48.6 Å². The van der Waals surface area contributed by atoms with E-state index in [4.69, 9.17) is 9.47 Å². The SMILES string of the molecule is CCc1cc(C)cc(OCCOc2ccc(/C=c3\sc4nc5ccccc5n4c3=O)cc2)c1. The number of thiazole rings is 1. The first-order valence-electron chi connectivity index (χ1n) is 11.0. The van der Waals surface area contributed by atoms with Crippen LogP contribution < -0.4 is 19.6 Å². The molecule has 5 nitrogen and oxygen atoms in total. The van der Waals surface area contributed by atoms with Gasteiger partial charge in [-0.25, -0.2) is 9.38 Å². The highest BCUT2D eigenvalue weighted by Gasteiger charge is 2.10. The first kappa shape index (κ1) is 21.2. The van der Waals surface area contributed by atoms with E-state index in [0.717, 1.165) is 34.5 Å². The van der Waals surface area contributed by atoms with Crippen LogP contribution in [0.5, 0.6) is 11.5 Å². The summed E-state index contributed by atoms with van der Waals surface area (Å²) in [7, 11) is 0. The standard InChI is InChI=1S/C27H24N2O3S/c1-3-19-14-18(2)15-22(16-19)32-13-12-31-21-10-8-20(9-11-21)17-25-26(30)29-24-7-5-4-6-23(24)28-27(29)33-25/h4-11,14-17H,3,12-13H2,1-2H3/b25-17-. The molecule has 0 amide bonds. The molecule has 0 aliphatic heterocycles. The average Bonchev–Trinajstić information content (AvgIpc) is 3.33. The molecule has 5 aromatic rings. The minimum atomic E-state index is -0.0384. The van der Waals surface area contributed by atoms with Crippen molar-refractivity contribution in [2.75, 3.05) is 13.2 Å². The molecule has 0 radical (unpaired) electrons. The fourth-order valence-electron chi connectivity index (χ4n) is 3.85. The summed E-state index contributed by atoms with van der Waals surface area (Å²) in [5.41, 5.74) is 5.05.